The highest BCUT2D eigenvalue weighted by Crippen LogP contribution is 2.43. The maximum Gasteiger partial charge on any atom is 0.352 e. The first-order chi connectivity index (χ1) is 24.1. The number of nitrogens with zero attached hydrogens (tertiary/aromatic N) is 5. The second kappa shape index (κ2) is 13.6. The molecular formula is C31H36N8O10S2. The van der Waals surface area contributed by atoms with E-state index in [1.807, 2.05) is 0 Å². The molecule has 0 radical (unpaired) electrons. The average molecular weight is 745 g/mol. The van der Waals surface area contributed by atoms with Gasteiger partial charge in [-0.2, -0.15) is 9.36 Å². The number of oxime groups is 1. The number of β-lactam (4-membered cyclic amide) rings is 1. The summed E-state index contributed by atoms with van der Waals surface area (Å²) in [4.78, 5) is 76.4. The first-order valence-corrected chi connectivity index (χ1v) is 17.8. The summed E-state index contributed by atoms with van der Waals surface area (Å²) in [5, 5.41) is 48.0. The Morgan fingerprint density at radius 2 is 1.80 bits per heavy atom. The molecule has 20 heteroatoms. The number of hydrogen-bond acceptors (Lipinski definition) is 15. The third kappa shape index (κ3) is 6.77. The zero-order chi connectivity index (χ0) is 36.9. The standard InChI is InChI=1S/C31H36N8O10S2/c1-12-17(6-7-18(40)22(12)41)24(42)33-14-8-15-4-5-16(9-14)38(15)10-13-11-50-27-20(26(44)39(27)21(13)28(45)46)34-25(43)19(23-35-30(32)51-37-23)36-49-31(2,3)29(47)48/h6-7,14-16,20,27,40-41H,4-5,8-11H2,1-3H3,(H,33,42)(H,34,43)(H,45,46)(H,47,48)(H2,32,35,37)/b36-19-/t14-,15+,16-,20-,27-/m1/s1. The minimum atomic E-state index is -1.81. The zero-order valence-electron chi connectivity index (χ0n) is 27.7. The minimum absolute atomic E-state index is 0.00761. The number of benzene rings is 1. The van der Waals surface area contributed by atoms with Crippen LogP contribution in [0.2, 0.25) is 0 Å². The van der Waals surface area contributed by atoms with Crippen molar-refractivity contribution >= 4 is 63.8 Å². The lowest BCUT2D eigenvalue weighted by Gasteiger charge is -2.50. The Morgan fingerprint density at radius 1 is 1.12 bits per heavy atom. The van der Waals surface area contributed by atoms with Gasteiger partial charge in [0.1, 0.15) is 17.1 Å². The molecular weight excluding hydrogens is 709 g/mol. The number of nitrogens with two attached hydrogens (primary N) is 1. The Kier molecular flexibility index (Phi) is 9.59. The molecule has 2 bridgehead atoms. The Hall–Kier alpha value is -4.95. The van der Waals surface area contributed by atoms with Crippen LogP contribution < -0.4 is 16.4 Å². The molecule has 4 aliphatic heterocycles. The van der Waals surface area contributed by atoms with Gasteiger partial charge in [0, 0.05) is 53.1 Å². The van der Waals surface area contributed by atoms with Gasteiger partial charge in [-0.1, -0.05) is 5.16 Å². The summed E-state index contributed by atoms with van der Waals surface area (Å²) in [7, 11) is 0. The molecule has 18 nitrogen and oxygen atoms in total. The van der Waals surface area contributed by atoms with Gasteiger partial charge in [0.2, 0.25) is 17.1 Å². The van der Waals surface area contributed by atoms with E-state index in [0.717, 1.165) is 24.4 Å². The molecule has 4 aliphatic rings. The van der Waals surface area contributed by atoms with Gasteiger partial charge in [-0.15, -0.1) is 11.8 Å². The number of phenols is 2. The average Bonchev–Trinajstić information content (AvgIpc) is 3.59. The van der Waals surface area contributed by atoms with E-state index in [0.29, 0.717) is 25.0 Å². The number of phenolic OH excluding ortho intramolecular Hbond substituents is 2. The molecule has 3 saturated heterocycles. The van der Waals surface area contributed by atoms with Crippen LogP contribution in [0.25, 0.3) is 0 Å². The van der Waals surface area contributed by atoms with Crippen molar-refractivity contribution in [1.82, 2.24) is 29.8 Å². The Labute approximate surface area is 298 Å². The molecule has 0 aliphatic carbocycles. The van der Waals surface area contributed by atoms with E-state index in [-0.39, 0.29) is 69.1 Å². The second-order valence-corrected chi connectivity index (χ2v) is 15.1. The van der Waals surface area contributed by atoms with Crippen LogP contribution in [0.4, 0.5) is 5.13 Å². The number of carbonyl (C=O) groups is 5. The van der Waals surface area contributed by atoms with Crippen LogP contribution in [0, 0.1) is 6.92 Å². The SMILES string of the molecule is Cc1c(C(=O)N[C@H]2C[C@H]3CC[C@@H](C2)N3CC2=C(C(=O)O)N3C(=O)[C@@H](NC(=O)/C(=N\OC(C)(C)C(=O)O)c4nsc(N)n4)[C@H]3SC2)ccc(O)c1O. The number of aromatic nitrogens is 2. The van der Waals surface area contributed by atoms with E-state index in [2.05, 4.69) is 30.0 Å². The molecule has 5 atom stereocenters. The number of nitrogens with one attached hydrogen (secondary N) is 2. The van der Waals surface area contributed by atoms with Crippen molar-refractivity contribution in [1.29, 1.82) is 0 Å². The van der Waals surface area contributed by atoms with Gasteiger partial charge < -0.3 is 41.6 Å². The summed E-state index contributed by atoms with van der Waals surface area (Å²) in [5.41, 5.74) is 4.31. The minimum Gasteiger partial charge on any atom is -0.504 e. The lowest BCUT2D eigenvalue weighted by molar-refractivity contribution is -0.161. The van der Waals surface area contributed by atoms with Gasteiger partial charge >= 0.3 is 11.9 Å². The molecule has 0 spiro atoms. The highest BCUT2D eigenvalue weighted by molar-refractivity contribution is 8.00. The van der Waals surface area contributed by atoms with E-state index < -0.39 is 46.5 Å². The van der Waals surface area contributed by atoms with Crippen LogP contribution in [-0.4, -0.2) is 122 Å². The number of piperidine rings is 1. The largest absolute Gasteiger partial charge is 0.504 e. The van der Waals surface area contributed by atoms with Crippen molar-refractivity contribution in [2.45, 2.75) is 81.6 Å². The highest BCUT2D eigenvalue weighted by atomic mass is 32.2. The topological polar surface area (TPSA) is 270 Å². The number of carboxylic acid groups (broad SMARTS) is 2. The van der Waals surface area contributed by atoms with E-state index in [1.54, 1.807) is 6.92 Å². The van der Waals surface area contributed by atoms with Crippen LogP contribution in [0.3, 0.4) is 0 Å². The quantitative estimate of drug-likeness (QED) is 0.0718. The maximum absolute atomic E-state index is 13.4. The van der Waals surface area contributed by atoms with Crippen LogP contribution >= 0.6 is 23.3 Å². The zero-order valence-corrected chi connectivity index (χ0v) is 29.3. The molecule has 3 fully saturated rings. The number of amides is 3. The number of thioether (sulfide) groups is 1. The third-order valence-electron chi connectivity index (χ3n) is 9.53. The van der Waals surface area contributed by atoms with Crippen molar-refractivity contribution in [3.05, 3.63) is 40.4 Å². The van der Waals surface area contributed by atoms with Gasteiger partial charge in [-0.25, -0.2) is 9.59 Å². The van der Waals surface area contributed by atoms with E-state index >= 15 is 0 Å². The smallest absolute Gasteiger partial charge is 0.352 e. The maximum atomic E-state index is 13.4. The number of aromatic hydroxyl groups is 2. The summed E-state index contributed by atoms with van der Waals surface area (Å²) < 4.78 is 3.95. The van der Waals surface area contributed by atoms with Crippen molar-refractivity contribution in [2.75, 3.05) is 18.0 Å². The Morgan fingerprint density at radius 3 is 2.41 bits per heavy atom. The predicted molar refractivity (Wildman–Crippen MR) is 182 cm³/mol. The summed E-state index contributed by atoms with van der Waals surface area (Å²) in [6, 6.07) is 1.58. The summed E-state index contributed by atoms with van der Waals surface area (Å²) >= 11 is 2.07. The van der Waals surface area contributed by atoms with E-state index in [1.165, 1.54) is 42.6 Å². The second-order valence-electron chi connectivity index (χ2n) is 13.2. The third-order valence-corrected chi connectivity index (χ3v) is 11.4. The van der Waals surface area contributed by atoms with E-state index in [9.17, 15) is 44.4 Å². The Bertz CT molecular complexity index is 1870. The van der Waals surface area contributed by atoms with Gasteiger partial charge in [0.05, 0.1) is 0 Å². The number of fused-ring (bicyclic) bond motifs is 3. The fourth-order valence-corrected chi connectivity index (χ4v) is 8.56. The molecule has 0 saturated carbocycles. The van der Waals surface area contributed by atoms with E-state index in [4.69, 9.17) is 10.6 Å². The lowest BCUT2D eigenvalue weighted by Crippen LogP contribution is -2.71. The lowest BCUT2D eigenvalue weighted by atomic mass is 9.95. The van der Waals surface area contributed by atoms with Gasteiger partial charge in [0.15, 0.2) is 16.6 Å². The van der Waals surface area contributed by atoms with Gasteiger partial charge in [-0.3, -0.25) is 24.2 Å². The summed E-state index contributed by atoms with van der Waals surface area (Å²) in [5.74, 6) is -5.17. The first-order valence-electron chi connectivity index (χ1n) is 16.0. The Balaban J connectivity index is 1.13. The molecule has 6 rings (SSSR count). The van der Waals surface area contributed by atoms with Crippen LogP contribution in [0.5, 0.6) is 11.5 Å². The number of carboxylic acids is 2. The van der Waals surface area contributed by atoms with Crippen molar-refractivity contribution in [3.63, 3.8) is 0 Å². The number of carbonyl (C=O) groups excluding carboxylic acids is 3. The molecule has 51 heavy (non-hydrogen) atoms. The van der Waals surface area contributed by atoms with Crippen LogP contribution in [0.1, 0.15) is 61.3 Å². The fraction of sp³-hybridized carbons (Fsp3) is 0.484. The first kappa shape index (κ1) is 35.9. The molecule has 3 amide bonds. The molecule has 1 aromatic carbocycles. The predicted octanol–water partition coefficient (Wildman–Crippen LogP) is 0.588. The highest BCUT2D eigenvalue weighted by Gasteiger charge is 2.55. The molecule has 1 aromatic heterocycles. The molecule has 0 unspecified atom stereocenters. The van der Waals surface area contributed by atoms with Crippen molar-refractivity contribution in [3.8, 4) is 11.5 Å². The molecule has 272 valence electrons. The number of rotatable bonds is 11. The van der Waals surface area contributed by atoms with Gasteiger partial charge in [0.25, 0.3) is 17.7 Å². The van der Waals surface area contributed by atoms with Crippen LogP contribution in [0.15, 0.2) is 28.6 Å². The van der Waals surface area contributed by atoms with Crippen molar-refractivity contribution in [2.24, 2.45) is 5.16 Å². The number of hydrogen-bond donors (Lipinski definition) is 7. The number of aliphatic carboxylic acids is 2. The fourth-order valence-electron chi connectivity index (χ4n) is 6.79. The van der Waals surface area contributed by atoms with Crippen LogP contribution in [-0.2, 0) is 24.0 Å². The summed E-state index contributed by atoms with van der Waals surface area (Å²) in [6.07, 6.45) is 2.97. The number of nitrogen functional groups attached to an aromatic ring is 1. The molecule has 5 heterocycles. The van der Waals surface area contributed by atoms with Gasteiger partial charge in [-0.05, 0) is 64.2 Å². The normalized spacial score (nSPS) is 24.8. The number of anilines is 1. The monoisotopic (exact) mass is 744 g/mol. The summed E-state index contributed by atoms with van der Waals surface area (Å²) in [6.45, 7) is 4.31. The molecule has 8 N–H and O–H groups in total. The molecule has 2 aromatic rings. The van der Waals surface area contributed by atoms with Crippen molar-refractivity contribution < 1.29 is 49.2 Å².